The summed E-state index contributed by atoms with van der Waals surface area (Å²) in [5.41, 5.74) is 5.39. The highest BCUT2D eigenvalue weighted by Gasteiger charge is 2.25. The van der Waals surface area contributed by atoms with Crippen molar-refractivity contribution in [2.45, 2.75) is 27.2 Å². The van der Waals surface area contributed by atoms with Crippen LogP contribution in [0.3, 0.4) is 0 Å². The van der Waals surface area contributed by atoms with Gasteiger partial charge in [0.25, 0.3) is 0 Å². The molecule has 0 aromatic rings. The molecule has 0 bridgehead atoms. The first kappa shape index (κ1) is 14.4. The first-order valence-corrected chi connectivity index (χ1v) is 6.66. The van der Waals surface area contributed by atoms with Crippen molar-refractivity contribution in [2.24, 2.45) is 17.1 Å². The fourth-order valence-electron chi connectivity index (χ4n) is 1.29. The summed E-state index contributed by atoms with van der Waals surface area (Å²) in [6, 6.07) is 0. The second-order valence-corrected chi connectivity index (χ2v) is 6.68. The van der Waals surface area contributed by atoms with Crippen molar-refractivity contribution in [3.05, 3.63) is 0 Å². The fourth-order valence-corrected chi connectivity index (χ4v) is 1.82. The Balaban J connectivity index is 4.50. The van der Waals surface area contributed by atoms with Gasteiger partial charge >= 0.3 is 0 Å². The van der Waals surface area contributed by atoms with E-state index in [2.05, 4.69) is 0 Å². The third-order valence-electron chi connectivity index (χ3n) is 1.80. The van der Waals surface area contributed by atoms with Crippen molar-refractivity contribution in [3.8, 4) is 0 Å². The number of sulfonamides is 1. The first-order valence-electron chi connectivity index (χ1n) is 4.77. The number of rotatable bonds is 4. The van der Waals surface area contributed by atoms with Crippen LogP contribution in [0.15, 0.2) is 0 Å². The summed E-state index contributed by atoms with van der Waals surface area (Å²) in [6.45, 7) is 6.08. The average Bonchev–Trinajstić information content (AvgIpc) is 1.94. The van der Waals surface area contributed by atoms with Crippen molar-refractivity contribution in [1.82, 2.24) is 4.72 Å². The van der Waals surface area contributed by atoms with Crippen LogP contribution in [0.1, 0.15) is 27.2 Å². The lowest BCUT2D eigenvalue weighted by atomic mass is 9.84. The van der Waals surface area contributed by atoms with Gasteiger partial charge in [-0.15, -0.1) is 0 Å². The van der Waals surface area contributed by atoms with Gasteiger partial charge in [-0.3, -0.25) is 9.52 Å². The Morgan fingerprint density at radius 1 is 1.40 bits per heavy atom. The highest BCUT2D eigenvalue weighted by molar-refractivity contribution is 7.89. The molecule has 0 saturated carbocycles. The first-order chi connectivity index (χ1) is 6.55. The zero-order valence-electron chi connectivity index (χ0n) is 9.70. The monoisotopic (exact) mass is 236 g/mol. The smallest absolute Gasteiger partial charge is 0.237 e. The van der Waals surface area contributed by atoms with E-state index < -0.39 is 21.8 Å². The molecule has 0 spiro atoms. The molecule has 0 fully saturated rings. The van der Waals surface area contributed by atoms with Crippen molar-refractivity contribution >= 4 is 15.9 Å². The summed E-state index contributed by atoms with van der Waals surface area (Å²) in [4.78, 5) is 11.5. The molecule has 3 N–H and O–H groups in total. The number of amides is 1. The largest absolute Gasteiger partial charge is 0.330 e. The second-order valence-electron chi connectivity index (χ2n) is 4.94. The minimum atomic E-state index is -3.49. The normalized spacial score (nSPS) is 14.7. The summed E-state index contributed by atoms with van der Waals surface area (Å²) < 4.78 is 23.7. The van der Waals surface area contributed by atoms with E-state index in [-0.39, 0.29) is 12.0 Å². The van der Waals surface area contributed by atoms with Gasteiger partial charge in [-0.2, -0.15) is 0 Å². The number of hydrogen-bond acceptors (Lipinski definition) is 4. The summed E-state index contributed by atoms with van der Waals surface area (Å²) in [6.07, 6.45) is 1.51. The standard InChI is InChI=1S/C9H20N2O3S/c1-9(2,3)5-7(6-10)8(12)11-15(4,13)14/h7H,5-6,10H2,1-4H3,(H,11,12). The van der Waals surface area contributed by atoms with Crippen LogP contribution in [0, 0.1) is 11.3 Å². The molecule has 0 aliphatic carbocycles. The van der Waals surface area contributed by atoms with E-state index in [4.69, 9.17) is 5.73 Å². The van der Waals surface area contributed by atoms with Gasteiger partial charge in [0, 0.05) is 6.54 Å². The minimum absolute atomic E-state index is 0.0567. The molecule has 0 radical (unpaired) electrons. The molecule has 15 heavy (non-hydrogen) atoms. The molecule has 6 heteroatoms. The van der Waals surface area contributed by atoms with E-state index >= 15 is 0 Å². The Morgan fingerprint density at radius 3 is 2.13 bits per heavy atom. The molecule has 0 aromatic carbocycles. The van der Waals surface area contributed by atoms with Gasteiger partial charge in [0.1, 0.15) is 0 Å². The van der Waals surface area contributed by atoms with Gasteiger partial charge in [-0.05, 0) is 11.8 Å². The van der Waals surface area contributed by atoms with Gasteiger partial charge in [-0.1, -0.05) is 20.8 Å². The predicted octanol–water partition coefficient (Wildman–Crippen LogP) is 0.0733. The molecule has 0 aromatic heterocycles. The summed E-state index contributed by atoms with van der Waals surface area (Å²) >= 11 is 0. The Bertz CT molecular complexity index is 317. The lowest BCUT2D eigenvalue weighted by Gasteiger charge is -2.23. The van der Waals surface area contributed by atoms with Crippen LogP contribution in [0.4, 0.5) is 0 Å². The van der Waals surface area contributed by atoms with E-state index in [1.807, 2.05) is 25.5 Å². The molecule has 0 aliphatic rings. The van der Waals surface area contributed by atoms with E-state index in [0.717, 1.165) is 6.26 Å². The number of hydrogen-bond donors (Lipinski definition) is 2. The van der Waals surface area contributed by atoms with Crippen LogP contribution in [-0.4, -0.2) is 27.1 Å². The van der Waals surface area contributed by atoms with Gasteiger partial charge in [-0.25, -0.2) is 8.42 Å². The molecule has 1 amide bonds. The number of nitrogens with two attached hydrogens (primary N) is 1. The minimum Gasteiger partial charge on any atom is -0.330 e. The molecule has 1 unspecified atom stereocenters. The lowest BCUT2D eigenvalue weighted by Crippen LogP contribution is -2.39. The Kier molecular flexibility index (Phi) is 4.73. The van der Waals surface area contributed by atoms with Crippen molar-refractivity contribution in [3.63, 3.8) is 0 Å². The lowest BCUT2D eigenvalue weighted by molar-refractivity contribution is -0.123. The highest BCUT2D eigenvalue weighted by atomic mass is 32.2. The molecular weight excluding hydrogens is 216 g/mol. The molecule has 0 saturated heterocycles. The van der Waals surface area contributed by atoms with Crippen molar-refractivity contribution in [2.75, 3.05) is 12.8 Å². The fraction of sp³-hybridized carbons (Fsp3) is 0.889. The molecule has 0 heterocycles. The van der Waals surface area contributed by atoms with Crippen LogP contribution < -0.4 is 10.5 Å². The molecule has 0 rings (SSSR count). The highest BCUT2D eigenvalue weighted by Crippen LogP contribution is 2.23. The van der Waals surface area contributed by atoms with Crippen LogP contribution in [0.2, 0.25) is 0 Å². The van der Waals surface area contributed by atoms with Crippen LogP contribution in [0.25, 0.3) is 0 Å². The van der Waals surface area contributed by atoms with Gasteiger partial charge in [0.05, 0.1) is 12.2 Å². The van der Waals surface area contributed by atoms with Crippen molar-refractivity contribution in [1.29, 1.82) is 0 Å². The molecular formula is C9H20N2O3S. The topological polar surface area (TPSA) is 89.3 Å². The van der Waals surface area contributed by atoms with E-state index in [1.54, 1.807) is 0 Å². The zero-order chi connectivity index (χ0) is 12.3. The second kappa shape index (κ2) is 4.94. The van der Waals surface area contributed by atoms with Gasteiger partial charge in [0.2, 0.25) is 15.9 Å². The average molecular weight is 236 g/mol. The molecule has 5 nitrogen and oxygen atoms in total. The maximum atomic E-state index is 11.5. The summed E-state index contributed by atoms with van der Waals surface area (Å²) in [5, 5.41) is 0. The van der Waals surface area contributed by atoms with Gasteiger partial charge in [0.15, 0.2) is 0 Å². The molecule has 0 aliphatic heterocycles. The van der Waals surface area contributed by atoms with E-state index in [0.29, 0.717) is 6.42 Å². The van der Waals surface area contributed by atoms with E-state index in [9.17, 15) is 13.2 Å². The quantitative estimate of drug-likeness (QED) is 0.723. The van der Waals surface area contributed by atoms with E-state index in [1.165, 1.54) is 0 Å². The maximum absolute atomic E-state index is 11.5. The van der Waals surface area contributed by atoms with Crippen LogP contribution in [0.5, 0.6) is 0 Å². The Morgan fingerprint density at radius 2 is 1.87 bits per heavy atom. The predicted molar refractivity (Wildman–Crippen MR) is 59.6 cm³/mol. The number of nitrogens with one attached hydrogen (secondary N) is 1. The van der Waals surface area contributed by atoms with Crippen LogP contribution >= 0.6 is 0 Å². The number of carbonyl (C=O) groups excluding carboxylic acids is 1. The maximum Gasteiger partial charge on any atom is 0.237 e. The SMILES string of the molecule is CC(C)(C)CC(CN)C(=O)NS(C)(=O)=O. The summed E-state index contributed by atoms with van der Waals surface area (Å²) in [5.74, 6) is -0.977. The number of carbonyl (C=O) groups is 1. The van der Waals surface area contributed by atoms with Gasteiger partial charge < -0.3 is 5.73 Å². The Labute approximate surface area is 91.5 Å². The summed E-state index contributed by atoms with van der Waals surface area (Å²) in [7, 11) is -3.49. The molecule has 90 valence electrons. The third-order valence-corrected chi connectivity index (χ3v) is 2.37. The third kappa shape index (κ3) is 7.33. The molecule has 1 atom stereocenters. The zero-order valence-corrected chi connectivity index (χ0v) is 10.5. The van der Waals surface area contributed by atoms with Crippen molar-refractivity contribution < 1.29 is 13.2 Å². The van der Waals surface area contributed by atoms with Crippen LogP contribution in [-0.2, 0) is 14.8 Å². The Hall–Kier alpha value is -0.620.